The van der Waals surface area contributed by atoms with Gasteiger partial charge in [-0.25, -0.2) is 0 Å². The number of carbonyl (C=O) groups excluding carboxylic acids is 3. The van der Waals surface area contributed by atoms with E-state index in [1.165, 1.54) is 12.5 Å². The molecular formula is C26H37N3O4. The lowest BCUT2D eigenvalue weighted by Crippen LogP contribution is -2.42. The number of ether oxygens (including phenoxy) is 1. The quantitative estimate of drug-likeness (QED) is 0.616. The van der Waals surface area contributed by atoms with E-state index in [9.17, 15) is 14.4 Å². The second-order valence-corrected chi connectivity index (χ2v) is 9.58. The summed E-state index contributed by atoms with van der Waals surface area (Å²) in [6.07, 6.45) is 3.78. The molecule has 180 valence electrons. The zero-order valence-electron chi connectivity index (χ0n) is 20.2. The molecule has 3 unspecified atom stereocenters. The number of nitrogens with zero attached hydrogens (tertiary/aromatic N) is 1. The van der Waals surface area contributed by atoms with E-state index in [0.717, 1.165) is 6.42 Å². The van der Waals surface area contributed by atoms with Crippen molar-refractivity contribution in [3.8, 4) is 0 Å². The highest BCUT2D eigenvalue weighted by atomic mass is 16.5. The van der Waals surface area contributed by atoms with Crippen LogP contribution in [0, 0.1) is 23.7 Å². The van der Waals surface area contributed by atoms with Crippen LogP contribution in [0.1, 0.15) is 50.9 Å². The number of benzene rings is 1. The molecule has 2 N–H and O–H groups in total. The fraction of sp³-hybridized carbons (Fsp3) is 0.577. The van der Waals surface area contributed by atoms with Crippen molar-refractivity contribution in [2.24, 2.45) is 23.7 Å². The van der Waals surface area contributed by atoms with Crippen molar-refractivity contribution in [1.82, 2.24) is 10.2 Å². The van der Waals surface area contributed by atoms with Gasteiger partial charge in [-0.2, -0.15) is 0 Å². The summed E-state index contributed by atoms with van der Waals surface area (Å²) in [4.78, 5) is 38.6. The Balaban J connectivity index is 1.60. The minimum Gasteiger partial charge on any atom is -0.378 e. The summed E-state index contributed by atoms with van der Waals surface area (Å²) in [6.45, 7) is 11.2. The van der Waals surface area contributed by atoms with Gasteiger partial charge in [-0.15, -0.1) is 0 Å². The number of allylic oxidation sites excluding steroid dienone is 1. The first kappa shape index (κ1) is 25.0. The molecule has 1 fully saturated rings. The van der Waals surface area contributed by atoms with Crippen molar-refractivity contribution in [2.45, 2.75) is 40.5 Å². The molecule has 0 saturated carbocycles. The van der Waals surface area contributed by atoms with Gasteiger partial charge in [0.1, 0.15) is 0 Å². The van der Waals surface area contributed by atoms with Gasteiger partial charge >= 0.3 is 0 Å². The first-order valence-electron chi connectivity index (χ1n) is 11.9. The number of carbonyl (C=O) groups is 3. The standard InChI is InChI=1S/C26H37N3O4/c1-17(2)24-14-21(15-25(31)29-9-11-33-12-10-29)18(3)13-22(24)16-27-26(32)20-5-7-23(8-6-20)28-19(4)30/h5-8,13,17,21-22,24H,9-12,14-16H2,1-4H3,(H,27,32)(H,28,30). The van der Waals surface area contributed by atoms with E-state index in [1.54, 1.807) is 24.3 Å². The van der Waals surface area contributed by atoms with E-state index in [1.807, 2.05) is 4.90 Å². The fourth-order valence-corrected chi connectivity index (χ4v) is 4.88. The molecule has 33 heavy (non-hydrogen) atoms. The average molecular weight is 456 g/mol. The molecular weight excluding hydrogens is 418 g/mol. The summed E-state index contributed by atoms with van der Waals surface area (Å²) >= 11 is 0. The van der Waals surface area contributed by atoms with Crippen LogP contribution in [0.2, 0.25) is 0 Å². The highest BCUT2D eigenvalue weighted by Gasteiger charge is 2.33. The Kier molecular flexibility index (Phi) is 8.67. The Morgan fingerprint density at radius 1 is 1.12 bits per heavy atom. The molecule has 0 bridgehead atoms. The Morgan fingerprint density at radius 3 is 2.39 bits per heavy atom. The Hall–Kier alpha value is -2.67. The maximum Gasteiger partial charge on any atom is 0.251 e. The van der Waals surface area contributed by atoms with Crippen LogP contribution in [-0.2, 0) is 14.3 Å². The second kappa shape index (κ2) is 11.5. The first-order chi connectivity index (χ1) is 15.7. The fourth-order valence-electron chi connectivity index (χ4n) is 4.88. The largest absolute Gasteiger partial charge is 0.378 e. The van der Waals surface area contributed by atoms with E-state index < -0.39 is 0 Å². The zero-order valence-corrected chi connectivity index (χ0v) is 20.2. The van der Waals surface area contributed by atoms with E-state index in [-0.39, 0.29) is 29.6 Å². The van der Waals surface area contributed by atoms with Crippen LogP contribution >= 0.6 is 0 Å². The van der Waals surface area contributed by atoms with Crippen LogP contribution < -0.4 is 10.6 Å². The lowest BCUT2D eigenvalue weighted by atomic mass is 9.69. The van der Waals surface area contributed by atoms with Crippen LogP contribution in [0.25, 0.3) is 0 Å². The summed E-state index contributed by atoms with van der Waals surface area (Å²) in [5.74, 6) is 1.29. The summed E-state index contributed by atoms with van der Waals surface area (Å²) in [5, 5.41) is 5.79. The lowest BCUT2D eigenvalue weighted by molar-refractivity contribution is -0.136. The van der Waals surface area contributed by atoms with Gasteiger partial charge in [-0.3, -0.25) is 14.4 Å². The molecule has 2 aliphatic rings. The third kappa shape index (κ3) is 6.90. The lowest BCUT2D eigenvalue weighted by Gasteiger charge is -2.38. The molecule has 1 heterocycles. The molecule has 7 heteroatoms. The first-order valence-corrected chi connectivity index (χ1v) is 11.9. The van der Waals surface area contributed by atoms with Crippen molar-refractivity contribution in [3.63, 3.8) is 0 Å². The normalized spacial score (nSPS) is 23.1. The van der Waals surface area contributed by atoms with Crippen LogP contribution in [0.5, 0.6) is 0 Å². The summed E-state index contributed by atoms with van der Waals surface area (Å²) in [7, 11) is 0. The molecule has 3 amide bonds. The number of rotatable bonds is 7. The maximum atomic E-state index is 12.8. The Morgan fingerprint density at radius 2 is 1.79 bits per heavy atom. The average Bonchev–Trinajstić information content (AvgIpc) is 2.79. The van der Waals surface area contributed by atoms with Crippen molar-refractivity contribution in [1.29, 1.82) is 0 Å². The zero-order chi connectivity index (χ0) is 24.0. The van der Waals surface area contributed by atoms with Crippen LogP contribution in [0.15, 0.2) is 35.9 Å². The van der Waals surface area contributed by atoms with Gasteiger partial charge < -0.3 is 20.3 Å². The van der Waals surface area contributed by atoms with Crippen LogP contribution in [0.3, 0.4) is 0 Å². The molecule has 0 radical (unpaired) electrons. The topological polar surface area (TPSA) is 87.7 Å². The molecule has 1 aliphatic carbocycles. The number of morpholine rings is 1. The van der Waals surface area contributed by atoms with E-state index in [0.29, 0.717) is 62.4 Å². The van der Waals surface area contributed by atoms with E-state index in [4.69, 9.17) is 4.74 Å². The minimum atomic E-state index is -0.142. The highest BCUT2D eigenvalue weighted by Crippen LogP contribution is 2.39. The van der Waals surface area contributed by atoms with Crippen molar-refractivity contribution < 1.29 is 19.1 Å². The summed E-state index contributed by atoms with van der Waals surface area (Å²) in [6, 6.07) is 6.90. The number of nitrogens with one attached hydrogen (secondary N) is 2. The van der Waals surface area contributed by atoms with Crippen LogP contribution in [0.4, 0.5) is 5.69 Å². The Bertz CT molecular complexity index is 872. The number of hydrogen-bond acceptors (Lipinski definition) is 4. The van der Waals surface area contributed by atoms with Gasteiger partial charge in [0.2, 0.25) is 11.8 Å². The van der Waals surface area contributed by atoms with Gasteiger partial charge in [0.05, 0.1) is 13.2 Å². The minimum absolute atomic E-state index is 0.123. The Labute approximate surface area is 196 Å². The molecule has 3 atom stereocenters. The van der Waals surface area contributed by atoms with Gasteiger partial charge in [-0.05, 0) is 61.3 Å². The predicted octanol–water partition coefficient (Wildman–Crippen LogP) is 3.48. The molecule has 0 spiro atoms. The highest BCUT2D eigenvalue weighted by molar-refractivity contribution is 5.95. The number of amides is 3. The van der Waals surface area contributed by atoms with Crippen molar-refractivity contribution in [2.75, 3.05) is 38.2 Å². The summed E-state index contributed by atoms with van der Waals surface area (Å²) < 4.78 is 5.37. The van der Waals surface area contributed by atoms with Gasteiger partial charge in [-0.1, -0.05) is 25.5 Å². The van der Waals surface area contributed by atoms with Crippen molar-refractivity contribution >= 4 is 23.4 Å². The smallest absolute Gasteiger partial charge is 0.251 e. The number of anilines is 1. The summed E-state index contributed by atoms with van der Waals surface area (Å²) in [5.41, 5.74) is 2.48. The SMILES string of the molecule is CC(=O)Nc1ccc(C(=O)NCC2C=C(C)C(CC(=O)N3CCOCC3)CC2C(C)C)cc1. The molecule has 1 aliphatic heterocycles. The maximum absolute atomic E-state index is 12.8. The molecule has 0 aromatic heterocycles. The predicted molar refractivity (Wildman–Crippen MR) is 129 cm³/mol. The third-order valence-corrected chi connectivity index (χ3v) is 6.83. The van der Waals surface area contributed by atoms with E-state index in [2.05, 4.69) is 37.5 Å². The second-order valence-electron chi connectivity index (χ2n) is 9.58. The van der Waals surface area contributed by atoms with Gasteiger partial charge in [0, 0.05) is 44.2 Å². The molecule has 1 saturated heterocycles. The van der Waals surface area contributed by atoms with Gasteiger partial charge in [0.25, 0.3) is 5.91 Å². The molecule has 7 nitrogen and oxygen atoms in total. The molecule has 3 rings (SSSR count). The molecule has 1 aromatic carbocycles. The van der Waals surface area contributed by atoms with Crippen molar-refractivity contribution in [3.05, 3.63) is 41.5 Å². The molecule has 1 aromatic rings. The van der Waals surface area contributed by atoms with Crippen LogP contribution in [-0.4, -0.2) is 55.5 Å². The monoisotopic (exact) mass is 455 g/mol. The van der Waals surface area contributed by atoms with Gasteiger partial charge in [0.15, 0.2) is 0 Å². The van der Waals surface area contributed by atoms with E-state index >= 15 is 0 Å². The number of hydrogen-bond donors (Lipinski definition) is 2. The third-order valence-electron chi connectivity index (χ3n) is 6.83.